The maximum atomic E-state index is 11.6. The first-order valence-corrected chi connectivity index (χ1v) is 31.8. The first-order chi connectivity index (χ1) is 34.5. The topological polar surface area (TPSA) is 159 Å². The first-order valence-electron chi connectivity index (χ1n) is 23.0. The zero-order chi connectivity index (χ0) is 52.5. The fourth-order valence-electron chi connectivity index (χ4n) is 5.46. The molecule has 3 aromatic carbocycles. The van der Waals surface area contributed by atoms with Crippen LogP contribution in [-0.2, 0) is 15.3 Å². The largest absolute Gasteiger partial charge is 0.483 e. The molecular formula is C55H90N8O4S12. The number of carbonyl (C=O) groups excluding carboxylic acids is 1. The van der Waals surface area contributed by atoms with Crippen molar-refractivity contribution in [3.8, 4) is 11.5 Å². The summed E-state index contributed by atoms with van der Waals surface area (Å²) < 4.78 is 22.8. The van der Waals surface area contributed by atoms with Crippen molar-refractivity contribution >= 4 is 147 Å². The molecule has 446 valence electrons. The average molecular weight is 1310 g/mol. The van der Waals surface area contributed by atoms with Crippen molar-refractivity contribution in [1.29, 1.82) is 0 Å². The standard InChI is InChI=1S/2C13H16N2OS3.C13H16N2S3.C9H14N2O2S3.7CH4/c2*1-3-9(2)10-4-6-11(7-5-10)16-8-18-13-15-14-12(17)19-13;1-3-9(2)11-6-4-10(5-7-11)8-17-13-15-14-12(16)18-13;1-4-9(2,3)6(12)13-5-15-8-11-10-7(14)16-8;;;;;;;/h2*4-7,9H,3,8H2,1-2H3,(H,14,17);4-7,9H,3,8H2,1-2H3,(H,14,16);4-5H2,1-3H3,(H,10,14);7*1H4. The van der Waals surface area contributed by atoms with Crippen LogP contribution in [0.15, 0.2) is 90.2 Å². The van der Waals surface area contributed by atoms with Gasteiger partial charge in [0.2, 0.25) is 0 Å². The molecule has 24 heteroatoms. The highest BCUT2D eigenvalue weighted by molar-refractivity contribution is 8.01. The van der Waals surface area contributed by atoms with Gasteiger partial charge < -0.3 is 14.2 Å². The quantitative estimate of drug-likeness (QED) is 0.0220. The first kappa shape index (κ1) is 82.7. The van der Waals surface area contributed by atoms with E-state index < -0.39 is 5.41 Å². The molecule has 79 heavy (non-hydrogen) atoms. The lowest BCUT2D eigenvalue weighted by molar-refractivity contribution is -0.151. The van der Waals surface area contributed by atoms with Crippen molar-refractivity contribution in [2.24, 2.45) is 5.41 Å². The van der Waals surface area contributed by atoms with Crippen molar-refractivity contribution in [3.05, 3.63) is 111 Å². The van der Waals surface area contributed by atoms with E-state index in [1.54, 1.807) is 11.8 Å². The zero-order valence-corrected chi connectivity index (χ0v) is 51.4. The van der Waals surface area contributed by atoms with Crippen molar-refractivity contribution in [3.63, 3.8) is 0 Å². The molecule has 4 aromatic heterocycles. The van der Waals surface area contributed by atoms with Gasteiger partial charge in [0.15, 0.2) is 33.2 Å². The van der Waals surface area contributed by atoms with E-state index in [-0.39, 0.29) is 63.9 Å². The van der Waals surface area contributed by atoms with Gasteiger partial charge in [-0.05, 0) is 153 Å². The highest BCUT2D eigenvalue weighted by Crippen LogP contribution is 2.29. The molecule has 0 bridgehead atoms. The summed E-state index contributed by atoms with van der Waals surface area (Å²) in [5.41, 5.74) is 5.04. The fraction of sp³-hybridized carbons (Fsp3) is 0.509. The van der Waals surface area contributed by atoms with E-state index in [1.807, 2.05) is 45.0 Å². The number of nitrogens with one attached hydrogen (secondary N) is 4. The van der Waals surface area contributed by atoms with E-state index in [9.17, 15) is 4.79 Å². The Labute approximate surface area is 528 Å². The van der Waals surface area contributed by atoms with Crippen LogP contribution in [0, 0.1) is 21.2 Å². The molecule has 3 unspecified atom stereocenters. The number of benzene rings is 3. The number of esters is 1. The summed E-state index contributed by atoms with van der Waals surface area (Å²) in [4.78, 5) is 11.6. The molecule has 0 saturated carbocycles. The van der Waals surface area contributed by atoms with Crippen LogP contribution < -0.4 is 9.47 Å². The number of hydrogen-bond acceptors (Lipinski definition) is 20. The van der Waals surface area contributed by atoms with Gasteiger partial charge >= 0.3 is 5.97 Å². The van der Waals surface area contributed by atoms with Crippen molar-refractivity contribution in [1.82, 2.24) is 40.8 Å². The second-order valence-corrected chi connectivity index (χ2v) is 27.8. The predicted octanol–water partition coefficient (Wildman–Crippen LogP) is 22.4. The number of hydrogen-bond donors (Lipinski definition) is 4. The van der Waals surface area contributed by atoms with Crippen LogP contribution >= 0.6 is 141 Å². The monoisotopic (exact) mass is 1310 g/mol. The van der Waals surface area contributed by atoms with Gasteiger partial charge in [-0.2, -0.15) is 20.4 Å². The number of nitrogens with zero attached hydrogens (tertiary/aromatic N) is 4. The fourth-order valence-corrected chi connectivity index (χ4v) is 12.9. The van der Waals surface area contributed by atoms with Gasteiger partial charge in [-0.25, -0.2) is 0 Å². The molecule has 0 radical (unpaired) electrons. The maximum absolute atomic E-state index is 11.6. The molecular weight excluding hydrogens is 1220 g/mol. The molecule has 0 aliphatic rings. The number of rotatable bonds is 22. The van der Waals surface area contributed by atoms with Crippen LogP contribution in [0.25, 0.3) is 0 Å². The minimum atomic E-state index is -0.418. The van der Waals surface area contributed by atoms with Crippen LogP contribution in [0.3, 0.4) is 0 Å². The minimum absolute atomic E-state index is 0. The van der Waals surface area contributed by atoms with Crippen LogP contribution in [0.4, 0.5) is 0 Å². The van der Waals surface area contributed by atoms with Crippen molar-refractivity contribution in [2.45, 2.75) is 181 Å². The SMILES string of the molecule is C.C.C.C.C.C.C.CCC(C)(C)C(=O)OCSc1n[nH]c(=S)s1.CCC(C)c1ccc(CSc2n[nH]c(=S)s2)cc1.CCC(C)c1ccc(OCSc2n[nH]c(=S)s2)cc1.CCC(C)c1ccc(OCSc2n[nH]c(=S)s2)cc1. The van der Waals surface area contributed by atoms with E-state index >= 15 is 0 Å². The van der Waals surface area contributed by atoms with Crippen molar-refractivity contribution < 1.29 is 19.0 Å². The lowest BCUT2D eigenvalue weighted by Crippen LogP contribution is -2.25. The third-order valence-corrected chi connectivity index (χ3v) is 19.4. The zero-order valence-electron chi connectivity index (χ0n) is 41.6. The minimum Gasteiger partial charge on any atom is -0.483 e. The number of H-pyrrole nitrogens is 4. The van der Waals surface area contributed by atoms with Crippen LogP contribution in [0.1, 0.15) is 180 Å². The molecule has 3 atom stereocenters. The summed E-state index contributed by atoms with van der Waals surface area (Å²) in [5, 5.41) is 27.2. The number of ether oxygens (including phenoxy) is 3. The highest BCUT2D eigenvalue weighted by Gasteiger charge is 2.27. The third-order valence-electron chi connectivity index (χ3n) is 10.9. The molecule has 0 spiro atoms. The Kier molecular flexibility index (Phi) is 46.9. The van der Waals surface area contributed by atoms with Gasteiger partial charge in [-0.15, -0.1) is 0 Å². The maximum Gasteiger partial charge on any atom is 0.312 e. The Morgan fingerprint density at radius 3 is 1.06 bits per heavy atom. The molecule has 12 nitrogen and oxygen atoms in total. The van der Waals surface area contributed by atoms with Crippen LogP contribution in [0.2, 0.25) is 0 Å². The van der Waals surface area contributed by atoms with E-state index in [2.05, 4.69) is 131 Å². The van der Waals surface area contributed by atoms with Gasteiger partial charge in [0.05, 0.1) is 5.41 Å². The lowest BCUT2D eigenvalue weighted by Gasteiger charge is -2.19. The molecule has 7 aromatic rings. The second kappa shape index (κ2) is 44.8. The van der Waals surface area contributed by atoms with E-state index in [4.69, 9.17) is 63.1 Å². The molecule has 0 saturated heterocycles. The summed E-state index contributed by atoms with van der Waals surface area (Å²) >= 11 is 31.8. The Balaban J connectivity index is -0.000000462. The summed E-state index contributed by atoms with van der Waals surface area (Å²) in [6.07, 6.45) is 4.25. The molecule has 7 rings (SSSR count). The normalized spacial score (nSPS) is 11.1. The van der Waals surface area contributed by atoms with Gasteiger partial charge in [0.25, 0.3) is 0 Å². The van der Waals surface area contributed by atoms with Crippen molar-refractivity contribution in [2.75, 3.05) is 17.8 Å². The number of aromatic nitrogens is 8. The Bertz CT molecular complexity index is 2750. The van der Waals surface area contributed by atoms with Gasteiger partial charge in [-0.3, -0.25) is 25.2 Å². The summed E-state index contributed by atoms with van der Waals surface area (Å²) in [6, 6.07) is 25.5. The number of carbonyl (C=O) groups is 1. The number of aromatic amines is 4. The lowest BCUT2D eigenvalue weighted by atomic mass is 9.91. The number of thioether (sulfide) groups is 4. The predicted molar refractivity (Wildman–Crippen MR) is 365 cm³/mol. The van der Waals surface area contributed by atoms with Gasteiger partial charge in [0, 0.05) is 5.75 Å². The van der Waals surface area contributed by atoms with Crippen LogP contribution in [-0.4, -0.2) is 64.6 Å². The summed E-state index contributed by atoms with van der Waals surface area (Å²) in [5.74, 6) is 5.73. The summed E-state index contributed by atoms with van der Waals surface area (Å²) in [6.45, 7) is 19.1. The van der Waals surface area contributed by atoms with Gasteiger partial charge in [0.1, 0.15) is 29.3 Å². The molecule has 4 heterocycles. The molecule has 4 N–H and O–H groups in total. The molecule has 0 aliphatic carbocycles. The highest BCUT2D eigenvalue weighted by atomic mass is 32.2. The second-order valence-electron chi connectivity index (χ2n) is 16.4. The Hall–Kier alpha value is -2.75. The van der Waals surface area contributed by atoms with Gasteiger partial charge in [-0.1, -0.05) is 241 Å². The average Bonchev–Trinajstić information content (AvgIpc) is 4.22. The Morgan fingerprint density at radius 1 is 0.494 bits per heavy atom. The third kappa shape index (κ3) is 31.5. The van der Waals surface area contributed by atoms with E-state index in [0.29, 0.717) is 41.5 Å². The smallest absolute Gasteiger partial charge is 0.312 e. The molecule has 0 amide bonds. The Morgan fingerprint density at radius 2 is 0.785 bits per heavy atom. The van der Waals surface area contributed by atoms with E-state index in [1.165, 1.54) is 109 Å². The van der Waals surface area contributed by atoms with Crippen LogP contribution in [0.5, 0.6) is 11.5 Å². The summed E-state index contributed by atoms with van der Waals surface area (Å²) in [7, 11) is 0. The molecule has 0 aliphatic heterocycles. The molecule has 0 fully saturated rings. The van der Waals surface area contributed by atoms with E-state index in [0.717, 1.165) is 57.8 Å².